The van der Waals surface area contributed by atoms with Gasteiger partial charge in [-0.05, 0) is 57.0 Å². The Kier molecular flexibility index (Phi) is 4.61. The molecule has 1 unspecified atom stereocenters. The largest absolute Gasteiger partial charge is 0.491 e. The summed E-state index contributed by atoms with van der Waals surface area (Å²) >= 11 is 0. The minimum Gasteiger partial charge on any atom is -0.491 e. The summed E-state index contributed by atoms with van der Waals surface area (Å²) in [7, 11) is 0. The van der Waals surface area contributed by atoms with E-state index in [1.54, 1.807) is 0 Å². The Labute approximate surface area is 109 Å². The first-order chi connectivity index (χ1) is 8.66. The Balaban J connectivity index is 1.81. The van der Waals surface area contributed by atoms with Gasteiger partial charge in [-0.25, -0.2) is 0 Å². The third-order valence-electron chi connectivity index (χ3n) is 3.65. The summed E-state index contributed by atoms with van der Waals surface area (Å²) in [4.78, 5) is 2.30. The van der Waals surface area contributed by atoms with E-state index in [9.17, 15) is 5.11 Å². The predicted molar refractivity (Wildman–Crippen MR) is 73.1 cm³/mol. The maximum absolute atomic E-state index is 9.96. The van der Waals surface area contributed by atoms with Crippen molar-refractivity contribution in [3.05, 3.63) is 29.3 Å². The standard InChI is InChI=1S/C15H23NO2/c1-12-6-5-7-15(13(12)2)18-11-14(17)10-16-8-3-4-9-16/h5-7,14,17H,3-4,8-11H2,1-2H3. The summed E-state index contributed by atoms with van der Waals surface area (Å²) in [6.45, 7) is 7.45. The zero-order chi connectivity index (χ0) is 13.0. The summed E-state index contributed by atoms with van der Waals surface area (Å²) in [5.74, 6) is 0.885. The van der Waals surface area contributed by atoms with Gasteiger partial charge in [-0.15, -0.1) is 0 Å². The van der Waals surface area contributed by atoms with Crippen LogP contribution in [0.15, 0.2) is 18.2 Å². The summed E-state index contributed by atoms with van der Waals surface area (Å²) in [5.41, 5.74) is 2.38. The summed E-state index contributed by atoms with van der Waals surface area (Å²) < 4.78 is 5.71. The van der Waals surface area contributed by atoms with E-state index < -0.39 is 6.10 Å². The molecule has 0 amide bonds. The van der Waals surface area contributed by atoms with Gasteiger partial charge in [0, 0.05) is 6.54 Å². The first kappa shape index (κ1) is 13.4. The van der Waals surface area contributed by atoms with Crippen molar-refractivity contribution < 1.29 is 9.84 Å². The number of ether oxygens (including phenoxy) is 1. The fraction of sp³-hybridized carbons (Fsp3) is 0.600. The second-order valence-corrected chi connectivity index (χ2v) is 5.17. The van der Waals surface area contributed by atoms with Crippen molar-refractivity contribution in [1.29, 1.82) is 0 Å². The van der Waals surface area contributed by atoms with E-state index in [2.05, 4.69) is 24.8 Å². The van der Waals surface area contributed by atoms with Gasteiger partial charge in [0.05, 0.1) is 0 Å². The lowest BCUT2D eigenvalue weighted by molar-refractivity contribution is 0.0755. The average molecular weight is 249 g/mol. The second-order valence-electron chi connectivity index (χ2n) is 5.17. The van der Waals surface area contributed by atoms with Crippen LogP contribution in [0.1, 0.15) is 24.0 Å². The van der Waals surface area contributed by atoms with Crippen molar-refractivity contribution in [2.45, 2.75) is 32.8 Å². The van der Waals surface area contributed by atoms with Gasteiger partial charge in [0.25, 0.3) is 0 Å². The van der Waals surface area contributed by atoms with Crippen LogP contribution in [0.5, 0.6) is 5.75 Å². The zero-order valence-electron chi connectivity index (χ0n) is 11.4. The molecule has 1 N–H and O–H groups in total. The van der Waals surface area contributed by atoms with Crippen molar-refractivity contribution in [3.8, 4) is 5.75 Å². The number of aliphatic hydroxyl groups excluding tert-OH is 1. The molecule has 1 saturated heterocycles. The van der Waals surface area contributed by atoms with Crippen LogP contribution in [0.3, 0.4) is 0 Å². The highest BCUT2D eigenvalue weighted by atomic mass is 16.5. The van der Waals surface area contributed by atoms with Gasteiger partial charge in [-0.1, -0.05) is 12.1 Å². The van der Waals surface area contributed by atoms with Crippen LogP contribution in [-0.4, -0.2) is 42.4 Å². The van der Waals surface area contributed by atoms with Gasteiger partial charge in [-0.3, -0.25) is 0 Å². The number of hydrogen-bond donors (Lipinski definition) is 1. The molecule has 3 heteroatoms. The van der Waals surface area contributed by atoms with Crippen LogP contribution in [0.2, 0.25) is 0 Å². The molecule has 1 heterocycles. The van der Waals surface area contributed by atoms with Gasteiger partial charge >= 0.3 is 0 Å². The first-order valence-corrected chi connectivity index (χ1v) is 6.76. The van der Waals surface area contributed by atoms with E-state index in [-0.39, 0.29) is 0 Å². The molecule has 1 aliphatic heterocycles. The number of rotatable bonds is 5. The van der Waals surface area contributed by atoms with E-state index in [1.807, 2.05) is 12.1 Å². The molecule has 100 valence electrons. The topological polar surface area (TPSA) is 32.7 Å². The maximum atomic E-state index is 9.96. The molecule has 1 aromatic rings. The Morgan fingerprint density at radius 2 is 2.00 bits per heavy atom. The predicted octanol–water partition coefficient (Wildman–Crippen LogP) is 2.14. The molecule has 3 nitrogen and oxygen atoms in total. The normalized spacial score (nSPS) is 17.9. The van der Waals surface area contributed by atoms with E-state index in [0.29, 0.717) is 6.61 Å². The Bertz CT molecular complexity index is 386. The highest BCUT2D eigenvalue weighted by molar-refractivity contribution is 5.38. The number of β-amino-alcohol motifs (C(OH)–C–C–N with tert-alkyl or cyclic N) is 1. The summed E-state index contributed by atoms with van der Waals surface area (Å²) in [6, 6.07) is 6.03. The monoisotopic (exact) mass is 249 g/mol. The lowest BCUT2D eigenvalue weighted by Crippen LogP contribution is -2.33. The Morgan fingerprint density at radius 3 is 2.72 bits per heavy atom. The summed E-state index contributed by atoms with van der Waals surface area (Å²) in [6.07, 6.45) is 2.11. The molecular weight excluding hydrogens is 226 g/mol. The lowest BCUT2D eigenvalue weighted by atomic mass is 10.1. The highest BCUT2D eigenvalue weighted by Gasteiger charge is 2.16. The molecule has 0 bridgehead atoms. The highest BCUT2D eigenvalue weighted by Crippen LogP contribution is 2.20. The Morgan fingerprint density at radius 1 is 1.28 bits per heavy atom. The van der Waals surface area contributed by atoms with Gasteiger partial charge in [0.15, 0.2) is 0 Å². The molecule has 0 radical (unpaired) electrons. The quantitative estimate of drug-likeness (QED) is 0.868. The van der Waals surface area contributed by atoms with E-state index in [1.165, 1.54) is 18.4 Å². The van der Waals surface area contributed by atoms with Crippen LogP contribution >= 0.6 is 0 Å². The van der Waals surface area contributed by atoms with Crippen LogP contribution in [0.4, 0.5) is 0 Å². The van der Waals surface area contributed by atoms with Crippen LogP contribution < -0.4 is 4.74 Å². The summed E-state index contributed by atoms with van der Waals surface area (Å²) in [5, 5.41) is 9.96. The van der Waals surface area contributed by atoms with Crippen molar-refractivity contribution in [2.75, 3.05) is 26.2 Å². The minimum atomic E-state index is -0.400. The maximum Gasteiger partial charge on any atom is 0.122 e. The fourth-order valence-electron chi connectivity index (χ4n) is 2.38. The SMILES string of the molecule is Cc1cccc(OCC(O)CN2CCCC2)c1C. The molecule has 18 heavy (non-hydrogen) atoms. The average Bonchev–Trinajstić information content (AvgIpc) is 2.84. The van der Waals surface area contributed by atoms with Gasteiger partial charge < -0.3 is 14.7 Å². The zero-order valence-corrected chi connectivity index (χ0v) is 11.4. The number of hydrogen-bond acceptors (Lipinski definition) is 3. The van der Waals surface area contributed by atoms with Gasteiger partial charge in [0.2, 0.25) is 0 Å². The second kappa shape index (κ2) is 6.21. The van der Waals surface area contributed by atoms with Crippen LogP contribution in [-0.2, 0) is 0 Å². The molecule has 0 aliphatic carbocycles. The number of aliphatic hydroxyl groups is 1. The molecule has 1 aliphatic rings. The number of nitrogens with zero attached hydrogens (tertiary/aromatic N) is 1. The van der Waals surface area contributed by atoms with Crippen molar-refractivity contribution in [1.82, 2.24) is 4.90 Å². The first-order valence-electron chi connectivity index (χ1n) is 6.76. The fourth-order valence-corrected chi connectivity index (χ4v) is 2.38. The third-order valence-corrected chi connectivity index (χ3v) is 3.65. The van der Waals surface area contributed by atoms with E-state index in [4.69, 9.17) is 4.74 Å². The molecule has 1 aromatic carbocycles. The molecule has 0 saturated carbocycles. The Hall–Kier alpha value is -1.06. The number of aryl methyl sites for hydroxylation is 1. The lowest BCUT2D eigenvalue weighted by Gasteiger charge is -2.20. The van der Waals surface area contributed by atoms with Crippen molar-refractivity contribution in [3.63, 3.8) is 0 Å². The smallest absolute Gasteiger partial charge is 0.122 e. The number of benzene rings is 1. The van der Waals surface area contributed by atoms with Crippen LogP contribution in [0.25, 0.3) is 0 Å². The van der Waals surface area contributed by atoms with Gasteiger partial charge in [0.1, 0.15) is 18.5 Å². The number of likely N-dealkylation sites (tertiary alicyclic amines) is 1. The van der Waals surface area contributed by atoms with Gasteiger partial charge in [-0.2, -0.15) is 0 Å². The van der Waals surface area contributed by atoms with E-state index >= 15 is 0 Å². The molecule has 1 atom stereocenters. The van der Waals surface area contributed by atoms with Crippen molar-refractivity contribution in [2.24, 2.45) is 0 Å². The molecule has 0 spiro atoms. The van der Waals surface area contributed by atoms with Crippen molar-refractivity contribution >= 4 is 0 Å². The third kappa shape index (κ3) is 3.47. The minimum absolute atomic E-state index is 0.376. The molecule has 0 aromatic heterocycles. The molecule has 2 rings (SSSR count). The molecule has 1 fully saturated rings. The van der Waals surface area contributed by atoms with E-state index in [0.717, 1.165) is 30.9 Å². The van der Waals surface area contributed by atoms with Crippen LogP contribution in [0, 0.1) is 13.8 Å². The molecular formula is C15H23NO2.